The summed E-state index contributed by atoms with van der Waals surface area (Å²) in [6, 6.07) is 12.3. The number of carbonyl (C=O) groups is 1. The van der Waals surface area contributed by atoms with Crippen LogP contribution < -0.4 is 9.80 Å². The van der Waals surface area contributed by atoms with E-state index in [-0.39, 0.29) is 23.3 Å². The van der Waals surface area contributed by atoms with Crippen LogP contribution in [0.4, 0.5) is 5.69 Å². The number of hydrogen-bond donors (Lipinski definition) is 1. The van der Waals surface area contributed by atoms with E-state index in [1.165, 1.54) is 10.6 Å². The van der Waals surface area contributed by atoms with E-state index in [1.807, 2.05) is 26.0 Å². The first kappa shape index (κ1) is 20.2. The summed E-state index contributed by atoms with van der Waals surface area (Å²) in [5, 5.41) is 0. The number of rotatable bonds is 5. The predicted octanol–water partition coefficient (Wildman–Crippen LogP) is 1.05. The van der Waals surface area contributed by atoms with E-state index in [2.05, 4.69) is 33.7 Å². The van der Waals surface area contributed by atoms with Crippen LogP contribution in [0.1, 0.15) is 34.2 Å². The van der Waals surface area contributed by atoms with Gasteiger partial charge in [0.25, 0.3) is 0 Å². The van der Waals surface area contributed by atoms with Crippen LogP contribution in [-0.2, 0) is 9.84 Å². The molecule has 4 rings (SSSR count). The molecule has 0 aliphatic carbocycles. The quantitative estimate of drug-likeness (QED) is 0.740. The SMILES string of the molecule is Cc1cc(C(=O)C[NH+]2CCN(c3ccccc3)CC2)c(C)n1[C@@H]1CCS(=O)(=O)C1. The van der Waals surface area contributed by atoms with E-state index < -0.39 is 9.84 Å². The number of anilines is 1. The molecule has 1 aromatic carbocycles. The lowest BCUT2D eigenvalue weighted by Crippen LogP contribution is -3.15. The molecule has 2 saturated heterocycles. The Kier molecular flexibility index (Phi) is 5.53. The number of sulfone groups is 1. The smallest absolute Gasteiger partial charge is 0.218 e. The van der Waals surface area contributed by atoms with Crippen LogP contribution in [0.25, 0.3) is 0 Å². The van der Waals surface area contributed by atoms with E-state index in [0.717, 1.165) is 43.1 Å². The predicted molar refractivity (Wildman–Crippen MR) is 115 cm³/mol. The third kappa shape index (κ3) is 4.26. The van der Waals surface area contributed by atoms with Gasteiger partial charge < -0.3 is 14.4 Å². The fourth-order valence-electron chi connectivity index (χ4n) is 4.82. The van der Waals surface area contributed by atoms with Crippen molar-refractivity contribution in [2.45, 2.75) is 26.3 Å². The molecule has 0 unspecified atom stereocenters. The van der Waals surface area contributed by atoms with Crippen molar-refractivity contribution < 1.29 is 18.1 Å². The topological polar surface area (TPSA) is 63.8 Å². The molecular weight excluding hydrogens is 386 g/mol. The molecule has 29 heavy (non-hydrogen) atoms. The number of quaternary nitrogens is 1. The van der Waals surface area contributed by atoms with Crippen LogP contribution in [-0.4, -0.2) is 63.0 Å². The van der Waals surface area contributed by atoms with Crippen LogP contribution in [0.3, 0.4) is 0 Å². The zero-order valence-corrected chi connectivity index (χ0v) is 18.0. The average molecular weight is 417 g/mol. The van der Waals surface area contributed by atoms with Crippen molar-refractivity contribution >= 4 is 21.3 Å². The summed E-state index contributed by atoms with van der Waals surface area (Å²) in [4.78, 5) is 16.7. The lowest BCUT2D eigenvalue weighted by molar-refractivity contribution is -0.892. The molecule has 1 aromatic heterocycles. The summed E-state index contributed by atoms with van der Waals surface area (Å²) in [6.45, 7) is 8.21. The molecule has 2 aliphatic heterocycles. The Labute approximate surface area is 173 Å². The lowest BCUT2D eigenvalue weighted by atomic mass is 10.1. The van der Waals surface area contributed by atoms with Crippen molar-refractivity contribution in [2.75, 3.05) is 49.1 Å². The van der Waals surface area contributed by atoms with E-state index >= 15 is 0 Å². The molecule has 7 heteroatoms. The highest BCUT2D eigenvalue weighted by Gasteiger charge is 2.32. The molecule has 1 atom stereocenters. The van der Waals surface area contributed by atoms with Gasteiger partial charge in [-0.15, -0.1) is 0 Å². The Morgan fingerprint density at radius 1 is 1.14 bits per heavy atom. The number of nitrogens with zero attached hydrogens (tertiary/aromatic N) is 2. The first-order chi connectivity index (χ1) is 13.8. The molecule has 3 heterocycles. The van der Waals surface area contributed by atoms with Gasteiger partial charge in [0.2, 0.25) is 5.78 Å². The minimum Gasteiger partial charge on any atom is -0.360 e. The maximum atomic E-state index is 13.0. The van der Waals surface area contributed by atoms with Gasteiger partial charge in [0.15, 0.2) is 9.84 Å². The second-order valence-electron chi connectivity index (χ2n) is 8.38. The fourth-order valence-corrected chi connectivity index (χ4v) is 6.52. The summed E-state index contributed by atoms with van der Waals surface area (Å²) < 4.78 is 25.8. The van der Waals surface area contributed by atoms with Gasteiger partial charge in [0, 0.05) is 28.7 Å². The van der Waals surface area contributed by atoms with Crippen LogP contribution >= 0.6 is 0 Å². The third-order valence-corrected chi connectivity index (χ3v) is 8.11. The molecule has 0 saturated carbocycles. The van der Waals surface area contributed by atoms with Crippen molar-refractivity contribution in [3.8, 4) is 0 Å². The van der Waals surface area contributed by atoms with E-state index in [4.69, 9.17) is 0 Å². The van der Waals surface area contributed by atoms with Gasteiger partial charge in [-0.05, 0) is 38.5 Å². The normalized spacial score (nSPS) is 22.1. The Morgan fingerprint density at radius 2 is 1.83 bits per heavy atom. The largest absolute Gasteiger partial charge is 0.360 e. The highest BCUT2D eigenvalue weighted by atomic mass is 32.2. The van der Waals surface area contributed by atoms with Gasteiger partial charge in [0.1, 0.15) is 6.54 Å². The molecular formula is C22H30N3O3S+. The van der Waals surface area contributed by atoms with Crippen LogP contribution in [0.2, 0.25) is 0 Å². The lowest BCUT2D eigenvalue weighted by Gasteiger charge is -2.33. The van der Waals surface area contributed by atoms with Crippen LogP contribution in [0.15, 0.2) is 36.4 Å². The van der Waals surface area contributed by atoms with Crippen molar-refractivity contribution in [3.63, 3.8) is 0 Å². The van der Waals surface area contributed by atoms with Gasteiger partial charge in [-0.1, -0.05) is 18.2 Å². The molecule has 2 fully saturated rings. The molecule has 0 radical (unpaired) electrons. The van der Waals surface area contributed by atoms with Crippen molar-refractivity contribution in [1.82, 2.24) is 4.57 Å². The number of Topliss-reactive ketones (excluding diaryl/α,β-unsaturated/α-hetero) is 1. The average Bonchev–Trinajstić information content (AvgIpc) is 3.21. The molecule has 0 spiro atoms. The Morgan fingerprint density at radius 3 is 2.45 bits per heavy atom. The highest BCUT2D eigenvalue weighted by Crippen LogP contribution is 2.29. The summed E-state index contributed by atoms with van der Waals surface area (Å²) in [5.41, 5.74) is 3.89. The highest BCUT2D eigenvalue weighted by molar-refractivity contribution is 7.91. The summed E-state index contributed by atoms with van der Waals surface area (Å²) in [5.74, 6) is 0.589. The van der Waals surface area contributed by atoms with Gasteiger partial charge in [-0.3, -0.25) is 4.79 Å². The molecule has 1 N–H and O–H groups in total. The van der Waals surface area contributed by atoms with Gasteiger partial charge in [-0.2, -0.15) is 0 Å². The van der Waals surface area contributed by atoms with Crippen molar-refractivity contribution in [1.29, 1.82) is 0 Å². The number of aryl methyl sites for hydroxylation is 1. The number of carbonyl (C=O) groups excluding carboxylic acids is 1. The number of nitrogens with one attached hydrogen (secondary N) is 1. The van der Waals surface area contributed by atoms with E-state index in [0.29, 0.717) is 13.0 Å². The second-order valence-corrected chi connectivity index (χ2v) is 10.6. The summed E-state index contributed by atoms with van der Waals surface area (Å²) in [6.07, 6.45) is 0.638. The van der Waals surface area contributed by atoms with Gasteiger partial charge in [-0.25, -0.2) is 8.42 Å². The van der Waals surface area contributed by atoms with Gasteiger partial charge >= 0.3 is 0 Å². The molecule has 156 valence electrons. The van der Waals surface area contributed by atoms with Crippen molar-refractivity contribution in [3.05, 3.63) is 53.3 Å². The summed E-state index contributed by atoms with van der Waals surface area (Å²) >= 11 is 0. The minimum atomic E-state index is -2.95. The minimum absolute atomic E-state index is 0.0386. The zero-order valence-electron chi connectivity index (χ0n) is 17.2. The number of aromatic nitrogens is 1. The molecule has 2 aliphatic rings. The number of ketones is 1. The second kappa shape index (κ2) is 7.95. The maximum absolute atomic E-state index is 13.0. The monoisotopic (exact) mass is 416 g/mol. The number of para-hydroxylation sites is 1. The molecule has 2 aromatic rings. The first-order valence-corrected chi connectivity index (χ1v) is 12.2. The standard InChI is InChI=1S/C22H29N3O3S/c1-17-14-21(18(2)25(17)20-8-13-29(27,28)16-20)22(26)15-23-9-11-24(12-10-23)19-6-4-3-5-7-19/h3-7,14,20H,8-13,15-16H2,1-2H3/p+1/t20-/m1/s1. The Hall–Kier alpha value is -2.12. The number of benzene rings is 1. The maximum Gasteiger partial charge on any atom is 0.218 e. The van der Waals surface area contributed by atoms with Crippen LogP contribution in [0, 0.1) is 13.8 Å². The fraction of sp³-hybridized carbons (Fsp3) is 0.500. The molecule has 6 nitrogen and oxygen atoms in total. The zero-order chi connectivity index (χ0) is 20.6. The molecule has 0 bridgehead atoms. The third-order valence-electron chi connectivity index (χ3n) is 6.36. The number of hydrogen-bond acceptors (Lipinski definition) is 4. The Bertz CT molecular complexity index is 990. The van der Waals surface area contributed by atoms with Crippen molar-refractivity contribution in [2.24, 2.45) is 0 Å². The first-order valence-electron chi connectivity index (χ1n) is 10.4. The molecule has 0 amide bonds. The van der Waals surface area contributed by atoms with Crippen LogP contribution in [0.5, 0.6) is 0 Å². The summed E-state index contributed by atoms with van der Waals surface area (Å²) in [7, 11) is -2.95. The van der Waals surface area contributed by atoms with E-state index in [9.17, 15) is 13.2 Å². The van der Waals surface area contributed by atoms with Gasteiger partial charge in [0.05, 0.1) is 37.7 Å². The Balaban J connectivity index is 1.40. The van der Waals surface area contributed by atoms with E-state index in [1.54, 1.807) is 0 Å². The number of piperazine rings is 1.